The zero-order valence-corrected chi connectivity index (χ0v) is 15.8. The van der Waals surface area contributed by atoms with Crippen LogP contribution in [0.25, 0.3) is 0 Å². The molecular formula is C23H28N2O2. The molecule has 2 fully saturated rings. The predicted octanol–water partition coefficient (Wildman–Crippen LogP) is 4.11. The zero-order valence-electron chi connectivity index (χ0n) is 15.8. The normalized spacial score (nSPS) is 18.6. The fourth-order valence-electron chi connectivity index (χ4n) is 4.22. The lowest BCUT2D eigenvalue weighted by Crippen LogP contribution is -2.46. The summed E-state index contributed by atoms with van der Waals surface area (Å²) in [5.41, 5.74) is 1.01. The molecule has 1 amide bonds. The number of benzene rings is 2. The number of hydrogen-bond acceptors (Lipinski definition) is 3. The Labute approximate surface area is 161 Å². The number of carbonyl (C=O) groups excluding carboxylic acids is 1. The molecule has 4 rings (SSSR count). The van der Waals surface area contributed by atoms with Crippen molar-refractivity contribution >= 4 is 5.91 Å². The van der Waals surface area contributed by atoms with Crippen LogP contribution in [0.3, 0.4) is 0 Å². The van der Waals surface area contributed by atoms with Crippen LogP contribution in [0.5, 0.6) is 11.5 Å². The Morgan fingerprint density at radius 3 is 2.33 bits per heavy atom. The van der Waals surface area contributed by atoms with E-state index in [0.29, 0.717) is 12.5 Å². The van der Waals surface area contributed by atoms with E-state index in [1.165, 1.54) is 25.9 Å². The van der Waals surface area contributed by atoms with Gasteiger partial charge in [0, 0.05) is 19.1 Å². The molecule has 0 atom stereocenters. The summed E-state index contributed by atoms with van der Waals surface area (Å²) in [4.78, 5) is 17.4. The molecule has 0 bridgehead atoms. The van der Waals surface area contributed by atoms with Gasteiger partial charge in [0.05, 0.1) is 6.42 Å². The van der Waals surface area contributed by atoms with Crippen molar-refractivity contribution in [2.75, 3.05) is 26.2 Å². The van der Waals surface area contributed by atoms with E-state index >= 15 is 0 Å². The molecule has 0 unspecified atom stereocenters. The van der Waals surface area contributed by atoms with Gasteiger partial charge in [-0.15, -0.1) is 0 Å². The SMILES string of the molecule is O=C(Cc1cccc(Oc2ccccc2)c1)N1CCC(N2CCCC2)CC1. The molecule has 4 nitrogen and oxygen atoms in total. The second-order valence-corrected chi connectivity index (χ2v) is 7.59. The topological polar surface area (TPSA) is 32.8 Å². The maximum absolute atomic E-state index is 12.7. The number of hydrogen-bond donors (Lipinski definition) is 0. The van der Waals surface area contributed by atoms with E-state index in [-0.39, 0.29) is 5.91 Å². The first-order chi connectivity index (χ1) is 13.3. The lowest BCUT2D eigenvalue weighted by Gasteiger charge is -2.36. The van der Waals surface area contributed by atoms with Gasteiger partial charge in [0.2, 0.25) is 5.91 Å². The lowest BCUT2D eigenvalue weighted by atomic mass is 10.0. The van der Waals surface area contributed by atoms with Gasteiger partial charge in [-0.1, -0.05) is 30.3 Å². The second-order valence-electron chi connectivity index (χ2n) is 7.59. The molecule has 0 aromatic heterocycles. The van der Waals surface area contributed by atoms with Gasteiger partial charge in [-0.3, -0.25) is 4.79 Å². The van der Waals surface area contributed by atoms with Crippen molar-refractivity contribution in [1.82, 2.24) is 9.80 Å². The quantitative estimate of drug-likeness (QED) is 0.800. The number of likely N-dealkylation sites (tertiary alicyclic amines) is 2. The number of amides is 1. The van der Waals surface area contributed by atoms with Crippen molar-refractivity contribution in [1.29, 1.82) is 0 Å². The molecule has 2 aliphatic heterocycles. The predicted molar refractivity (Wildman–Crippen MR) is 107 cm³/mol. The van der Waals surface area contributed by atoms with E-state index in [4.69, 9.17) is 4.74 Å². The summed E-state index contributed by atoms with van der Waals surface area (Å²) in [6, 6.07) is 18.3. The summed E-state index contributed by atoms with van der Waals surface area (Å²) < 4.78 is 5.89. The van der Waals surface area contributed by atoms with Crippen molar-refractivity contribution in [3.8, 4) is 11.5 Å². The van der Waals surface area contributed by atoms with Crippen LogP contribution in [-0.2, 0) is 11.2 Å². The Balaban J connectivity index is 1.31. The zero-order chi connectivity index (χ0) is 18.5. The number of ether oxygens (including phenoxy) is 1. The van der Waals surface area contributed by atoms with Crippen molar-refractivity contribution < 1.29 is 9.53 Å². The van der Waals surface area contributed by atoms with Gasteiger partial charge in [-0.05, 0) is 68.6 Å². The van der Waals surface area contributed by atoms with E-state index in [1.54, 1.807) is 0 Å². The van der Waals surface area contributed by atoms with Crippen LogP contribution in [0.1, 0.15) is 31.2 Å². The molecule has 0 saturated carbocycles. The molecule has 27 heavy (non-hydrogen) atoms. The first-order valence-electron chi connectivity index (χ1n) is 10.1. The standard InChI is InChI=1S/C23H28N2O2/c26-23(25-15-11-20(12-16-25)24-13-4-5-14-24)18-19-7-6-10-22(17-19)27-21-8-2-1-3-9-21/h1-3,6-10,17,20H,4-5,11-16,18H2. The minimum atomic E-state index is 0.228. The molecule has 4 heteroatoms. The van der Waals surface area contributed by atoms with Gasteiger partial charge in [0.1, 0.15) is 11.5 Å². The number of carbonyl (C=O) groups is 1. The van der Waals surface area contributed by atoms with Crippen LogP contribution in [0, 0.1) is 0 Å². The van der Waals surface area contributed by atoms with Crippen molar-refractivity contribution in [3.63, 3.8) is 0 Å². The monoisotopic (exact) mass is 364 g/mol. The molecule has 0 radical (unpaired) electrons. The van der Waals surface area contributed by atoms with Crippen LogP contribution in [0.15, 0.2) is 54.6 Å². The third kappa shape index (κ3) is 4.69. The first kappa shape index (κ1) is 18.1. The molecule has 2 saturated heterocycles. The molecule has 0 aliphatic carbocycles. The summed E-state index contributed by atoms with van der Waals surface area (Å²) in [7, 11) is 0. The van der Waals surface area contributed by atoms with E-state index in [0.717, 1.165) is 43.0 Å². The average Bonchev–Trinajstić information content (AvgIpc) is 3.24. The van der Waals surface area contributed by atoms with Crippen LogP contribution in [-0.4, -0.2) is 47.9 Å². The fraction of sp³-hybridized carbons (Fsp3) is 0.435. The lowest BCUT2D eigenvalue weighted by molar-refractivity contribution is -0.132. The van der Waals surface area contributed by atoms with Crippen molar-refractivity contribution in [2.45, 2.75) is 38.1 Å². The Kier molecular flexibility index (Phi) is 5.73. The Bertz CT molecular complexity index is 748. The number of nitrogens with zero attached hydrogens (tertiary/aromatic N) is 2. The molecule has 0 spiro atoms. The Morgan fingerprint density at radius 2 is 1.59 bits per heavy atom. The number of piperidine rings is 1. The maximum atomic E-state index is 12.7. The van der Waals surface area contributed by atoms with Gasteiger partial charge in [-0.2, -0.15) is 0 Å². The summed E-state index contributed by atoms with van der Waals surface area (Å²) in [6.07, 6.45) is 5.34. The van der Waals surface area contributed by atoms with E-state index in [9.17, 15) is 4.79 Å². The Hall–Kier alpha value is -2.33. The second kappa shape index (κ2) is 8.57. The summed E-state index contributed by atoms with van der Waals surface area (Å²) in [5, 5.41) is 0. The molecule has 0 N–H and O–H groups in total. The first-order valence-corrected chi connectivity index (χ1v) is 10.1. The molecule has 2 aromatic carbocycles. The largest absolute Gasteiger partial charge is 0.457 e. The molecular weight excluding hydrogens is 336 g/mol. The Morgan fingerprint density at radius 1 is 0.889 bits per heavy atom. The van der Waals surface area contributed by atoms with Gasteiger partial charge in [0.25, 0.3) is 0 Å². The highest BCUT2D eigenvalue weighted by atomic mass is 16.5. The summed E-state index contributed by atoms with van der Waals surface area (Å²) >= 11 is 0. The molecule has 2 heterocycles. The number of para-hydroxylation sites is 1. The van der Waals surface area contributed by atoms with Crippen molar-refractivity contribution in [3.05, 3.63) is 60.2 Å². The van der Waals surface area contributed by atoms with Crippen molar-refractivity contribution in [2.24, 2.45) is 0 Å². The van der Waals surface area contributed by atoms with Gasteiger partial charge < -0.3 is 14.5 Å². The summed E-state index contributed by atoms with van der Waals surface area (Å²) in [5.74, 6) is 1.82. The number of rotatable bonds is 5. The maximum Gasteiger partial charge on any atom is 0.226 e. The highest BCUT2D eigenvalue weighted by molar-refractivity contribution is 5.79. The molecule has 2 aromatic rings. The highest BCUT2D eigenvalue weighted by Gasteiger charge is 2.28. The van der Waals surface area contributed by atoms with Crippen LogP contribution >= 0.6 is 0 Å². The minimum Gasteiger partial charge on any atom is -0.457 e. The summed E-state index contributed by atoms with van der Waals surface area (Å²) in [6.45, 7) is 4.26. The molecule has 142 valence electrons. The average molecular weight is 364 g/mol. The third-order valence-corrected chi connectivity index (χ3v) is 5.71. The van der Waals surface area contributed by atoms with Gasteiger partial charge in [0.15, 0.2) is 0 Å². The molecule has 2 aliphatic rings. The van der Waals surface area contributed by atoms with Gasteiger partial charge in [-0.25, -0.2) is 0 Å². The smallest absolute Gasteiger partial charge is 0.226 e. The van der Waals surface area contributed by atoms with E-state index < -0.39 is 0 Å². The third-order valence-electron chi connectivity index (χ3n) is 5.71. The van der Waals surface area contributed by atoms with E-state index in [1.807, 2.05) is 59.5 Å². The van der Waals surface area contributed by atoms with Crippen LogP contribution in [0.2, 0.25) is 0 Å². The highest BCUT2D eigenvalue weighted by Crippen LogP contribution is 2.24. The fourth-order valence-corrected chi connectivity index (χ4v) is 4.22. The van der Waals surface area contributed by atoms with Gasteiger partial charge >= 0.3 is 0 Å². The van der Waals surface area contributed by atoms with Crippen LogP contribution < -0.4 is 4.74 Å². The van der Waals surface area contributed by atoms with E-state index in [2.05, 4.69) is 4.90 Å². The minimum absolute atomic E-state index is 0.228. The van der Waals surface area contributed by atoms with Crippen LogP contribution in [0.4, 0.5) is 0 Å².